The van der Waals surface area contributed by atoms with Crippen LogP contribution in [0.2, 0.25) is 0 Å². The number of H-pyrrole nitrogens is 1. The Hall–Kier alpha value is -3.47. The molecule has 0 saturated carbocycles. The van der Waals surface area contributed by atoms with Crippen molar-refractivity contribution in [2.45, 2.75) is 13.0 Å². The minimum atomic E-state index is -0.754. The number of hydrogen-bond acceptors (Lipinski definition) is 7. The summed E-state index contributed by atoms with van der Waals surface area (Å²) in [5.41, 5.74) is 1.40. The second-order valence-corrected chi connectivity index (χ2v) is 7.35. The first-order chi connectivity index (χ1) is 14.8. The third kappa shape index (κ3) is 4.36. The lowest BCUT2D eigenvalue weighted by atomic mass is 10.1. The number of anilines is 2. The Morgan fingerprint density at radius 1 is 1.32 bits per heavy atom. The van der Waals surface area contributed by atoms with Crippen LogP contribution in [0.1, 0.15) is 6.92 Å². The summed E-state index contributed by atoms with van der Waals surface area (Å²) in [6, 6.07) is 3.96. The number of piperazine rings is 1. The summed E-state index contributed by atoms with van der Waals surface area (Å²) in [5.74, 6) is -2.78. The lowest BCUT2D eigenvalue weighted by Gasteiger charge is -2.41. The molecule has 0 unspecified atom stereocenters. The Bertz CT molecular complexity index is 1150. The maximum Gasteiger partial charge on any atom is 0.418 e. The van der Waals surface area contributed by atoms with Crippen LogP contribution >= 0.6 is 0 Å². The van der Waals surface area contributed by atoms with Gasteiger partial charge >= 0.3 is 5.76 Å². The Kier molecular flexibility index (Phi) is 5.59. The maximum atomic E-state index is 14.1. The highest BCUT2D eigenvalue weighted by molar-refractivity contribution is 5.93. The van der Waals surface area contributed by atoms with Crippen LogP contribution in [-0.4, -0.2) is 60.1 Å². The fourth-order valence-corrected chi connectivity index (χ4v) is 3.78. The Balaban J connectivity index is 1.37. The fraction of sp³-hybridized carbons (Fsp3) is 0.350. The van der Waals surface area contributed by atoms with Crippen molar-refractivity contribution in [1.82, 2.24) is 14.9 Å². The normalized spacial score (nSPS) is 17.2. The summed E-state index contributed by atoms with van der Waals surface area (Å²) >= 11 is 0. The van der Waals surface area contributed by atoms with Crippen LogP contribution in [-0.2, 0) is 4.79 Å². The van der Waals surface area contributed by atoms with E-state index in [1.807, 2.05) is 16.7 Å². The number of carbonyl (C=O) groups excluding carboxylic acids is 1. The van der Waals surface area contributed by atoms with E-state index in [0.29, 0.717) is 36.7 Å². The van der Waals surface area contributed by atoms with Crippen molar-refractivity contribution in [3.63, 3.8) is 0 Å². The molecule has 1 atom stereocenters. The third-order valence-corrected chi connectivity index (χ3v) is 5.16. The third-order valence-electron chi connectivity index (χ3n) is 5.16. The van der Waals surface area contributed by atoms with Crippen molar-refractivity contribution in [1.29, 1.82) is 0 Å². The lowest BCUT2D eigenvalue weighted by Crippen LogP contribution is -2.53. The second kappa shape index (κ2) is 8.34. The highest BCUT2D eigenvalue weighted by atomic mass is 19.1. The van der Waals surface area contributed by atoms with Crippen molar-refractivity contribution < 1.29 is 22.7 Å². The number of aromatic nitrogens is 2. The van der Waals surface area contributed by atoms with Crippen molar-refractivity contribution in [3.05, 3.63) is 46.6 Å². The molecule has 1 aliphatic heterocycles. The number of halogens is 2. The molecule has 0 aliphatic carbocycles. The summed E-state index contributed by atoms with van der Waals surface area (Å²) in [6.07, 6.45) is 1.43. The molecule has 3 aromatic rings. The van der Waals surface area contributed by atoms with Crippen LogP contribution in [0.4, 0.5) is 20.2 Å². The predicted molar refractivity (Wildman–Crippen MR) is 109 cm³/mol. The van der Waals surface area contributed by atoms with Gasteiger partial charge < -0.3 is 19.4 Å². The summed E-state index contributed by atoms with van der Waals surface area (Å²) in [6.45, 7) is 3.64. The minimum Gasteiger partial charge on any atom is -0.491 e. The summed E-state index contributed by atoms with van der Waals surface area (Å²) in [7, 11) is 1.22. The molecule has 164 valence electrons. The Morgan fingerprint density at radius 2 is 2.06 bits per heavy atom. The smallest absolute Gasteiger partial charge is 0.418 e. The minimum absolute atomic E-state index is 0.0686. The topological polar surface area (TPSA) is 104 Å². The van der Waals surface area contributed by atoms with Crippen LogP contribution < -0.4 is 20.7 Å². The van der Waals surface area contributed by atoms with Gasteiger partial charge in [-0.3, -0.25) is 14.7 Å². The van der Waals surface area contributed by atoms with Crippen molar-refractivity contribution >= 4 is 28.5 Å². The molecule has 2 aromatic heterocycles. The standard InChI is InChI=1S/C20H21F2N5O4/c1-11-9-26(3-4-27(11)13-6-14(21)18(30-2)15(22)7-13)10-17(28)24-12-5-16-19(23-8-12)25-20(29)31-16/h5-8,11H,3-4,9-10H2,1-2H3,(H,24,28)(H,23,25,29)/t11-/m1/s1. The van der Waals surface area contributed by atoms with E-state index in [2.05, 4.69) is 15.3 Å². The van der Waals surface area contributed by atoms with E-state index in [4.69, 9.17) is 9.15 Å². The number of oxazole rings is 1. The largest absolute Gasteiger partial charge is 0.491 e. The Labute approximate surface area is 175 Å². The van der Waals surface area contributed by atoms with Gasteiger partial charge in [-0.2, -0.15) is 0 Å². The molecule has 1 aromatic carbocycles. The van der Waals surface area contributed by atoms with Gasteiger partial charge in [0.2, 0.25) is 5.91 Å². The highest BCUT2D eigenvalue weighted by Crippen LogP contribution is 2.29. The number of ether oxygens (including phenoxy) is 1. The van der Waals surface area contributed by atoms with Gasteiger partial charge in [-0.15, -0.1) is 0 Å². The fourth-order valence-electron chi connectivity index (χ4n) is 3.78. The van der Waals surface area contributed by atoms with Gasteiger partial charge in [0.1, 0.15) is 0 Å². The summed E-state index contributed by atoms with van der Waals surface area (Å²) in [5, 5.41) is 2.73. The van der Waals surface area contributed by atoms with Crippen LogP contribution in [0.25, 0.3) is 11.2 Å². The van der Waals surface area contributed by atoms with Gasteiger partial charge in [-0.1, -0.05) is 0 Å². The van der Waals surface area contributed by atoms with Gasteiger partial charge in [0.25, 0.3) is 0 Å². The number of pyridine rings is 1. The number of methoxy groups -OCH3 is 1. The number of benzene rings is 1. The van der Waals surface area contributed by atoms with Crippen molar-refractivity contribution in [3.8, 4) is 5.75 Å². The molecule has 1 amide bonds. The summed E-state index contributed by atoms with van der Waals surface area (Å²) in [4.78, 5) is 33.9. The number of fused-ring (bicyclic) bond motifs is 1. The first kappa shape index (κ1) is 20.8. The van der Waals surface area contributed by atoms with Gasteiger partial charge in [0.15, 0.2) is 28.6 Å². The number of amides is 1. The molecular formula is C20H21F2N5O4. The maximum absolute atomic E-state index is 14.1. The molecule has 0 bridgehead atoms. The Morgan fingerprint density at radius 3 is 2.74 bits per heavy atom. The van der Waals surface area contributed by atoms with E-state index in [9.17, 15) is 18.4 Å². The average Bonchev–Trinajstić information content (AvgIpc) is 3.07. The molecule has 0 spiro atoms. The zero-order valence-corrected chi connectivity index (χ0v) is 16.9. The van der Waals surface area contributed by atoms with E-state index >= 15 is 0 Å². The molecule has 1 fully saturated rings. The second-order valence-electron chi connectivity index (χ2n) is 7.35. The average molecular weight is 433 g/mol. The SMILES string of the molecule is COc1c(F)cc(N2CCN(CC(=O)Nc3cnc4[nH]c(=O)oc4c3)C[C@H]2C)cc1F. The van der Waals surface area contributed by atoms with Gasteiger partial charge in [0.05, 0.1) is 25.5 Å². The first-order valence-electron chi connectivity index (χ1n) is 9.65. The molecular weight excluding hydrogens is 412 g/mol. The monoisotopic (exact) mass is 433 g/mol. The zero-order chi connectivity index (χ0) is 22.1. The van der Waals surface area contributed by atoms with Crippen LogP contribution in [0, 0.1) is 11.6 Å². The first-order valence-corrected chi connectivity index (χ1v) is 9.65. The number of hydrogen-bond donors (Lipinski definition) is 2. The van der Waals surface area contributed by atoms with Crippen LogP contribution in [0.15, 0.2) is 33.6 Å². The lowest BCUT2D eigenvalue weighted by molar-refractivity contribution is -0.117. The van der Waals surface area contributed by atoms with Gasteiger partial charge in [-0.05, 0) is 6.92 Å². The number of carbonyl (C=O) groups is 1. The van der Waals surface area contributed by atoms with Crippen LogP contribution in [0.3, 0.4) is 0 Å². The van der Waals surface area contributed by atoms with E-state index < -0.39 is 23.1 Å². The molecule has 11 heteroatoms. The molecule has 9 nitrogen and oxygen atoms in total. The molecule has 1 saturated heterocycles. The van der Waals surface area contributed by atoms with Crippen LogP contribution in [0.5, 0.6) is 5.75 Å². The van der Waals surface area contributed by atoms with E-state index in [-0.39, 0.29) is 24.1 Å². The van der Waals surface area contributed by atoms with Gasteiger partial charge in [0, 0.05) is 49.6 Å². The molecule has 3 heterocycles. The quantitative estimate of drug-likeness (QED) is 0.634. The molecule has 31 heavy (non-hydrogen) atoms. The molecule has 4 rings (SSSR count). The number of aromatic amines is 1. The van der Waals surface area contributed by atoms with Gasteiger partial charge in [-0.25, -0.2) is 18.6 Å². The number of nitrogens with zero attached hydrogens (tertiary/aromatic N) is 3. The molecule has 0 radical (unpaired) electrons. The molecule has 2 N–H and O–H groups in total. The zero-order valence-electron chi connectivity index (χ0n) is 16.9. The summed E-state index contributed by atoms with van der Waals surface area (Å²) < 4.78 is 37.8. The van der Waals surface area contributed by atoms with Crippen molar-refractivity contribution in [2.75, 3.05) is 43.5 Å². The van der Waals surface area contributed by atoms with E-state index in [1.165, 1.54) is 31.5 Å². The number of rotatable bonds is 5. The van der Waals surface area contributed by atoms with Crippen molar-refractivity contribution in [2.24, 2.45) is 0 Å². The number of nitrogens with one attached hydrogen (secondary N) is 2. The highest BCUT2D eigenvalue weighted by Gasteiger charge is 2.27. The predicted octanol–water partition coefficient (Wildman–Crippen LogP) is 1.95. The van der Waals surface area contributed by atoms with E-state index in [0.717, 1.165) is 0 Å². The molecule has 1 aliphatic rings. The van der Waals surface area contributed by atoms with E-state index in [1.54, 1.807) is 0 Å².